The summed E-state index contributed by atoms with van der Waals surface area (Å²) in [6.07, 6.45) is 7.11. The summed E-state index contributed by atoms with van der Waals surface area (Å²) in [5.74, 6) is 20.3. The van der Waals surface area contributed by atoms with E-state index in [1.165, 1.54) is 0 Å². The summed E-state index contributed by atoms with van der Waals surface area (Å²) in [5, 5.41) is 1.55. The molecule has 0 atom stereocenters. The zero-order chi connectivity index (χ0) is 39.7. The van der Waals surface area contributed by atoms with Crippen molar-refractivity contribution in [3.8, 4) is 59.0 Å². The maximum absolute atomic E-state index is 13.0. The highest BCUT2D eigenvalue weighted by Crippen LogP contribution is 2.31. The van der Waals surface area contributed by atoms with Crippen molar-refractivity contribution in [2.75, 3.05) is 24.1 Å². The third kappa shape index (κ3) is 12.1. The maximum atomic E-state index is 13.0. The highest BCUT2D eigenvalue weighted by atomic mass is 16.7. The van der Waals surface area contributed by atoms with Gasteiger partial charge in [-0.15, -0.1) is 0 Å². The van der Waals surface area contributed by atoms with Gasteiger partial charge in [-0.25, -0.2) is 5.06 Å². The number of anilines is 2. The first kappa shape index (κ1) is 40.3. The Morgan fingerprint density at radius 3 is 1.43 bits per heavy atom. The maximum Gasteiger partial charge on any atom is 0.314 e. The normalized spacial score (nSPS) is 14.0. The second kappa shape index (κ2) is 20.5. The van der Waals surface area contributed by atoms with Crippen LogP contribution in [0.3, 0.4) is 0 Å². The molecule has 4 aromatic carbocycles. The third-order valence-electron chi connectivity index (χ3n) is 9.27. The Kier molecular flexibility index (Phi) is 14.8. The van der Waals surface area contributed by atoms with Crippen LogP contribution >= 0.6 is 0 Å². The fourth-order valence-electron chi connectivity index (χ4n) is 5.86. The van der Waals surface area contributed by atoms with Gasteiger partial charge in [0.15, 0.2) is 6.11 Å². The lowest BCUT2D eigenvalue weighted by Gasteiger charge is -2.25. The Labute approximate surface area is 330 Å². The number of hydrogen-bond acceptors (Lipinski definition) is 7. The average molecular weight is 745 g/mol. The number of nitrogens with zero attached hydrogens (tertiary/aromatic N) is 2. The Morgan fingerprint density at radius 1 is 0.607 bits per heavy atom. The van der Waals surface area contributed by atoms with Gasteiger partial charge in [0.1, 0.15) is 11.5 Å². The van der Waals surface area contributed by atoms with Gasteiger partial charge in [0.05, 0.1) is 17.5 Å². The lowest BCUT2D eigenvalue weighted by atomic mass is 9.82. The first-order valence-corrected chi connectivity index (χ1v) is 18.7. The summed E-state index contributed by atoms with van der Waals surface area (Å²) < 4.78 is 11.3. The summed E-state index contributed by atoms with van der Waals surface area (Å²) >= 11 is 0. The van der Waals surface area contributed by atoms with Gasteiger partial charge in [0.25, 0.3) is 0 Å². The molecule has 0 spiro atoms. The van der Waals surface area contributed by atoms with Crippen molar-refractivity contribution in [3.63, 3.8) is 0 Å². The van der Waals surface area contributed by atoms with Crippen LogP contribution in [-0.2, 0) is 19.2 Å². The van der Waals surface area contributed by atoms with Crippen LogP contribution in [0.1, 0.15) is 81.0 Å². The van der Waals surface area contributed by atoms with Crippen LogP contribution in [0.15, 0.2) is 97.1 Å². The van der Waals surface area contributed by atoms with Crippen molar-refractivity contribution in [1.29, 1.82) is 0 Å². The van der Waals surface area contributed by atoms with Gasteiger partial charge in [-0.3, -0.25) is 14.4 Å². The van der Waals surface area contributed by atoms with Crippen molar-refractivity contribution in [2.45, 2.75) is 58.8 Å². The molecule has 1 aliphatic carbocycles. The van der Waals surface area contributed by atoms with Crippen molar-refractivity contribution in [2.24, 2.45) is 11.8 Å². The second-order valence-corrected chi connectivity index (χ2v) is 13.3. The van der Waals surface area contributed by atoms with Gasteiger partial charge < -0.3 is 19.2 Å². The third-order valence-corrected chi connectivity index (χ3v) is 9.27. The molecule has 0 heterocycles. The molecule has 0 aromatic heterocycles. The van der Waals surface area contributed by atoms with Gasteiger partial charge >= 0.3 is 11.9 Å². The molecule has 0 N–H and O–H groups in total. The Morgan fingerprint density at radius 2 is 1.02 bits per heavy atom. The topological polar surface area (TPSA) is 85.4 Å². The number of carbonyl (C=O) groups is 3. The number of benzene rings is 4. The van der Waals surface area contributed by atoms with E-state index in [-0.39, 0.29) is 29.7 Å². The van der Waals surface area contributed by atoms with Crippen molar-refractivity contribution >= 4 is 29.2 Å². The van der Waals surface area contributed by atoms with Crippen LogP contribution in [-0.4, -0.2) is 31.9 Å². The molecule has 1 amide bonds. The molecule has 0 saturated heterocycles. The molecule has 1 saturated carbocycles. The number of ether oxygens (including phenoxy) is 2. The highest BCUT2D eigenvalue weighted by molar-refractivity contribution is 5.92. The summed E-state index contributed by atoms with van der Waals surface area (Å²) in [7, 11) is 3.55. The molecule has 56 heavy (non-hydrogen) atoms. The van der Waals surface area contributed by atoms with Crippen molar-refractivity contribution in [1.82, 2.24) is 0 Å². The standard InChI is InChI=1S/C48H44N2O6/c1-5-7-9-35-54-50(4)43-29-17-37(18-30-43)12-14-39-21-33-45(34-22-39)56-48(53)41-25-23-40(24-26-41)47(52)55-44-31-19-38(20-32-44)13-11-36-15-27-42(28-16-36)49(3)46(51)10-8-6-2/h15-22,27-34,40-41H,6,8,10,23-26H2,1-4H3. The smallest absolute Gasteiger partial charge is 0.314 e. The number of esters is 2. The van der Waals surface area contributed by atoms with Gasteiger partial charge in [0, 0.05) is 54.4 Å². The summed E-state index contributed by atoms with van der Waals surface area (Å²) in [6, 6.07) is 29.3. The fourth-order valence-corrected chi connectivity index (χ4v) is 5.86. The van der Waals surface area contributed by atoms with E-state index in [0.717, 1.165) is 46.5 Å². The van der Waals surface area contributed by atoms with Crippen LogP contribution in [0.5, 0.6) is 11.5 Å². The lowest BCUT2D eigenvalue weighted by Crippen LogP contribution is -2.30. The molecule has 8 heteroatoms. The minimum absolute atomic E-state index is 0.0998. The number of amides is 1. The molecule has 0 radical (unpaired) electrons. The molecule has 8 nitrogen and oxygen atoms in total. The number of unbranched alkanes of at least 4 members (excludes halogenated alkanes) is 1. The molecule has 1 aliphatic rings. The van der Waals surface area contributed by atoms with E-state index in [0.29, 0.717) is 43.6 Å². The molecular formula is C48H44N2O6. The molecule has 0 aliphatic heterocycles. The number of carbonyl (C=O) groups excluding carboxylic acids is 3. The first-order chi connectivity index (χ1) is 27.2. The van der Waals surface area contributed by atoms with E-state index in [9.17, 15) is 14.4 Å². The SMILES string of the molecule is CC#CC#CON(C)c1ccc(C#Cc2ccc(OC(=O)C3CCC(C(=O)Oc4ccc(C#Cc5ccc(N(C)C(=O)CCCC)cc5)cc4)CC3)cc2)cc1. The summed E-state index contributed by atoms with van der Waals surface area (Å²) in [4.78, 5) is 45.2. The number of hydrogen-bond donors (Lipinski definition) is 0. The van der Waals surface area contributed by atoms with Crippen LogP contribution in [0.2, 0.25) is 0 Å². The molecular weight excluding hydrogens is 701 g/mol. The molecule has 282 valence electrons. The highest BCUT2D eigenvalue weighted by Gasteiger charge is 2.32. The molecule has 5 rings (SSSR count). The minimum Gasteiger partial charge on any atom is -0.426 e. The zero-order valence-corrected chi connectivity index (χ0v) is 32.2. The Hall–Kier alpha value is -6.87. The zero-order valence-electron chi connectivity index (χ0n) is 32.2. The largest absolute Gasteiger partial charge is 0.426 e. The second-order valence-electron chi connectivity index (χ2n) is 13.3. The monoisotopic (exact) mass is 744 g/mol. The summed E-state index contributed by atoms with van der Waals surface area (Å²) in [6.45, 7) is 3.78. The van der Waals surface area contributed by atoms with E-state index in [1.807, 2.05) is 72.8 Å². The van der Waals surface area contributed by atoms with E-state index in [2.05, 4.69) is 54.5 Å². The Balaban J connectivity index is 1.03. The van der Waals surface area contributed by atoms with Crippen LogP contribution in [0.4, 0.5) is 11.4 Å². The summed E-state index contributed by atoms with van der Waals surface area (Å²) in [5.41, 5.74) is 4.88. The first-order valence-electron chi connectivity index (χ1n) is 18.7. The van der Waals surface area contributed by atoms with Crippen LogP contribution < -0.4 is 19.4 Å². The van der Waals surface area contributed by atoms with Crippen LogP contribution in [0, 0.1) is 59.4 Å². The van der Waals surface area contributed by atoms with Crippen molar-refractivity contribution < 1.29 is 28.7 Å². The number of rotatable bonds is 10. The minimum atomic E-state index is -0.300. The average Bonchev–Trinajstić information content (AvgIpc) is 3.24. The van der Waals surface area contributed by atoms with Crippen molar-refractivity contribution in [3.05, 3.63) is 119 Å². The quantitative estimate of drug-likeness (QED) is 0.0699. The van der Waals surface area contributed by atoms with E-state index in [1.54, 1.807) is 55.2 Å². The molecule has 1 fully saturated rings. The van der Waals surface area contributed by atoms with Crippen LogP contribution in [0.25, 0.3) is 0 Å². The Bertz CT molecular complexity index is 2220. The molecule has 0 unspecified atom stereocenters. The van der Waals surface area contributed by atoms with Gasteiger partial charge in [0.2, 0.25) is 5.91 Å². The lowest BCUT2D eigenvalue weighted by molar-refractivity contribution is -0.145. The van der Waals surface area contributed by atoms with E-state index < -0.39 is 0 Å². The predicted octanol–water partition coefficient (Wildman–Crippen LogP) is 8.31. The van der Waals surface area contributed by atoms with E-state index in [4.69, 9.17) is 14.3 Å². The molecule has 4 aromatic rings. The van der Waals surface area contributed by atoms with Gasteiger partial charge in [-0.05, 0) is 142 Å². The van der Waals surface area contributed by atoms with Gasteiger partial charge in [-0.2, -0.15) is 0 Å². The number of hydroxylamine groups is 1. The fraction of sp³-hybridized carbons (Fsp3) is 0.271. The molecule has 0 bridgehead atoms. The van der Waals surface area contributed by atoms with Gasteiger partial charge in [-0.1, -0.05) is 42.9 Å². The predicted molar refractivity (Wildman–Crippen MR) is 218 cm³/mol. The van der Waals surface area contributed by atoms with E-state index >= 15 is 0 Å².